The Morgan fingerprint density at radius 1 is 1.17 bits per heavy atom. The van der Waals surface area contributed by atoms with E-state index in [1.807, 2.05) is 11.0 Å². The van der Waals surface area contributed by atoms with Gasteiger partial charge in [-0.25, -0.2) is 9.97 Å². The molecule has 0 unspecified atom stereocenters. The van der Waals surface area contributed by atoms with Crippen molar-refractivity contribution in [2.24, 2.45) is 0 Å². The van der Waals surface area contributed by atoms with E-state index in [1.54, 1.807) is 43.4 Å². The minimum atomic E-state index is -0.165. The van der Waals surface area contributed by atoms with Gasteiger partial charge in [-0.15, -0.1) is 0 Å². The van der Waals surface area contributed by atoms with Crippen LogP contribution in [-0.4, -0.2) is 47.1 Å². The first-order valence-electron chi connectivity index (χ1n) is 9.16. The predicted octanol–water partition coefficient (Wildman–Crippen LogP) is 3.55. The summed E-state index contributed by atoms with van der Waals surface area (Å²) in [5.41, 5.74) is 1.24. The number of hydrogen-bond donors (Lipinski definition) is 2. The fourth-order valence-corrected chi connectivity index (χ4v) is 3.26. The maximum absolute atomic E-state index is 11.8. The molecule has 1 aliphatic heterocycles. The van der Waals surface area contributed by atoms with Crippen molar-refractivity contribution in [3.63, 3.8) is 0 Å². The largest absolute Gasteiger partial charge is 0.485 e. The highest BCUT2D eigenvalue weighted by Gasteiger charge is 2.31. The van der Waals surface area contributed by atoms with Crippen LogP contribution >= 0.6 is 23.2 Å². The van der Waals surface area contributed by atoms with Gasteiger partial charge in [-0.05, 0) is 30.3 Å². The summed E-state index contributed by atoms with van der Waals surface area (Å²) in [6.45, 7) is 1.22. The van der Waals surface area contributed by atoms with Crippen molar-refractivity contribution < 1.29 is 9.53 Å². The zero-order valence-corrected chi connectivity index (χ0v) is 17.5. The topological polar surface area (TPSA) is 92.3 Å². The lowest BCUT2D eigenvalue weighted by atomic mass is 10.2. The van der Waals surface area contributed by atoms with Gasteiger partial charge in [0.1, 0.15) is 18.2 Å². The highest BCUT2D eigenvalue weighted by Crippen LogP contribution is 2.30. The van der Waals surface area contributed by atoms with Gasteiger partial charge < -0.3 is 20.3 Å². The number of halogens is 2. The predicted molar refractivity (Wildman–Crippen MR) is 116 cm³/mol. The molecule has 10 heteroatoms. The van der Waals surface area contributed by atoms with Crippen LogP contribution < -0.4 is 20.3 Å². The van der Waals surface area contributed by atoms with Crippen LogP contribution in [0.15, 0.2) is 48.8 Å². The molecule has 2 N–H and O–H groups in total. The molecule has 0 aliphatic carbocycles. The monoisotopic (exact) mass is 444 g/mol. The quantitative estimate of drug-likeness (QED) is 0.600. The number of nitrogens with one attached hydrogen (secondary N) is 2. The molecule has 0 spiro atoms. The van der Waals surface area contributed by atoms with Gasteiger partial charge in [0.25, 0.3) is 5.91 Å². The number of ether oxygens (including phenoxy) is 1. The number of amides is 1. The number of hydrogen-bond acceptors (Lipinski definition) is 7. The number of carbonyl (C=O) groups is 1. The van der Waals surface area contributed by atoms with Gasteiger partial charge in [0, 0.05) is 29.4 Å². The van der Waals surface area contributed by atoms with Crippen LogP contribution in [0, 0.1) is 0 Å². The Morgan fingerprint density at radius 2 is 2.00 bits per heavy atom. The lowest BCUT2D eigenvalue weighted by molar-refractivity contribution is 0.0963. The first-order chi connectivity index (χ1) is 14.5. The normalized spacial score (nSPS) is 13.5. The summed E-state index contributed by atoms with van der Waals surface area (Å²) in [6.07, 6.45) is 1.40. The van der Waals surface area contributed by atoms with Crippen molar-refractivity contribution in [2.45, 2.75) is 6.10 Å². The van der Waals surface area contributed by atoms with E-state index in [-0.39, 0.29) is 12.0 Å². The van der Waals surface area contributed by atoms with Gasteiger partial charge in [0.15, 0.2) is 0 Å². The molecule has 30 heavy (non-hydrogen) atoms. The molecule has 1 amide bonds. The standard InChI is InChI=1S/C20H18Cl2N6O2/c1-23-18(29)12-3-2-4-14(7-12)26-19-24-11-25-20(27-19)28-9-15(10-28)30-17-8-13(21)5-6-16(17)22/h2-8,11,15H,9-10H2,1H3,(H,23,29)(H,24,25,26,27). The number of anilines is 3. The van der Waals surface area contributed by atoms with E-state index in [0.29, 0.717) is 52.0 Å². The molecule has 2 aromatic carbocycles. The molecule has 3 aromatic rings. The summed E-state index contributed by atoms with van der Waals surface area (Å²) in [6, 6.07) is 12.2. The van der Waals surface area contributed by atoms with Gasteiger partial charge in [-0.1, -0.05) is 29.3 Å². The summed E-state index contributed by atoms with van der Waals surface area (Å²) in [4.78, 5) is 26.6. The molecule has 0 atom stereocenters. The van der Waals surface area contributed by atoms with Crippen LogP contribution in [0.25, 0.3) is 0 Å². The van der Waals surface area contributed by atoms with Gasteiger partial charge in [-0.2, -0.15) is 4.98 Å². The average Bonchev–Trinajstić information content (AvgIpc) is 2.72. The number of benzene rings is 2. The van der Waals surface area contributed by atoms with Crippen molar-refractivity contribution in [2.75, 3.05) is 30.4 Å². The molecular formula is C20H18Cl2N6O2. The van der Waals surface area contributed by atoms with E-state index >= 15 is 0 Å². The summed E-state index contributed by atoms with van der Waals surface area (Å²) < 4.78 is 5.90. The van der Waals surface area contributed by atoms with Crippen molar-refractivity contribution in [3.8, 4) is 5.75 Å². The SMILES string of the molecule is CNC(=O)c1cccc(Nc2ncnc(N3CC(Oc4cc(Cl)ccc4Cl)C3)n2)c1. The number of rotatable bonds is 6. The molecule has 1 aromatic heterocycles. The van der Waals surface area contributed by atoms with Gasteiger partial charge in [0.2, 0.25) is 11.9 Å². The lowest BCUT2D eigenvalue weighted by Crippen LogP contribution is -2.54. The first-order valence-corrected chi connectivity index (χ1v) is 9.92. The summed E-state index contributed by atoms with van der Waals surface area (Å²) >= 11 is 12.1. The Bertz CT molecular complexity index is 1070. The zero-order valence-electron chi connectivity index (χ0n) is 16.0. The first kappa shape index (κ1) is 20.2. The van der Waals surface area contributed by atoms with E-state index in [0.717, 1.165) is 0 Å². The highest BCUT2D eigenvalue weighted by molar-refractivity contribution is 6.34. The maximum atomic E-state index is 11.8. The van der Waals surface area contributed by atoms with Crippen molar-refractivity contribution in [3.05, 3.63) is 64.4 Å². The molecule has 1 fully saturated rings. The fraction of sp³-hybridized carbons (Fsp3) is 0.200. The molecule has 4 rings (SSSR count). The molecule has 0 saturated carbocycles. The Morgan fingerprint density at radius 3 is 2.80 bits per heavy atom. The van der Waals surface area contributed by atoms with Crippen LogP contribution in [0.3, 0.4) is 0 Å². The van der Waals surface area contributed by atoms with Crippen LogP contribution in [0.1, 0.15) is 10.4 Å². The van der Waals surface area contributed by atoms with E-state index in [2.05, 4.69) is 25.6 Å². The third-order valence-electron chi connectivity index (χ3n) is 4.48. The summed E-state index contributed by atoms with van der Waals surface area (Å²) in [5, 5.41) is 6.78. The van der Waals surface area contributed by atoms with Crippen molar-refractivity contribution >= 4 is 46.7 Å². The maximum Gasteiger partial charge on any atom is 0.251 e. The van der Waals surface area contributed by atoms with E-state index in [4.69, 9.17) is 27.9 Å². The molecular weight excluding hydrogens is 427 g/mol. The van der Waals surface area contributed by atoms with E-state index in [9.17, 15) is 4.79 Å². The van der Waals surface area contributed by atoms with E-state index < -0.39 is 0 Å². The second kappa shape index (κ2) is 8.73. The molecule has 8 nitrogen and oxygen atoms in total. The van der Waals surface area contributed by atoms with Crippen LogP contribution in [-0.2, 0) is 0 Å². The zero-order chi connectivity index (χ0) is 21.1. The molecule has 154 valence electrons. The number of aromatic nitrogens is 3. The molecule has 0 bridgehead atoms. The number of carbonyl (C=O) groups excluding carboxylic acids is 1. The summed E-state index contributed by atoms with van der Waals surface area (Å²) in [7, 11) is 1.59. The molecule has 2 heterocycles. The minimum absolute atomic E-state index is 0.0432. The highest BCUT2D eigenvalue weighted by atomic mass is 35.5. The third kappa shape index (κ3) is 4.55. The minimum Gasteiger partial charge on any atom is -0.485 e. The molecule has 0 radical (unpaired) electrons. The lowest BCUT2D eigenvalue weighted by Gasteiger charge is -2.39. The second-order valence-electron chi connectivity index (χ2n) is 6.61. The van der Waals surface area contributed by atoms with Gasteiger partial charge in [0.05, 0.1) is 18.1 Å². The van der Waals surface area contributed by atoms with Gasteiger partial charge in [-0.3, -0.25) is 4.79 Å². The number of nitrogens with zero attached hydrogens (tertiary/aromatic N) is 4. The smallest absolute Gasteiger partial charge is 0.251 e. The van der Waals surface area contributed by atoms with Crippen molar-refractivity contribution in [1.82, 2.24) is 20.3 Å². The Hall–Kier alpha value is -3.10. The molecule has 1 aliphatic rings. The van der Waals surface area contributed by atoms with Gasteiger partial charge >= 0.3 is 0 Å². The van der Waals surface area contributed by atoms with E-state index in [1.165, 1.54) is 6.33 Å². The van der Waals surface area contributed by atoms with Crippen LogP contribution in [0.2, 0.25) is 10.0 Å². The van der Waals surface area contributed by atoms with Crippen molar-refractivity contribution in [1.29, 1.82) is 0 Å². The summed E-state index contributed by atoms with van der Waals surface area (Å²) in [5.74, 6) is 1.31. The van der Waals surface area contributed by atoms with Crippen LogP contribution in [0.4, 0.5) is 17.6 Å². The second-order valence-corrected chi connectivity index (χ2v) is 7.46. The average molecular weight is 445 g/mol. The molecule has 1 saturated heterocycles. The Labute approximate surface area is 183 Å². The Balaban J connectivity index is 1.39. The van der Waals surface area contributed by atoms with Crippen LogP contribution in [0.5, 0.6) is 5.75 Å². The Kier molecular flexibility index (Phi) is 5.87. The fourth-order valence-electron chi connectivity index (χ4n) is 2.93. The third-order valence-corrected chi connectivity index (χ3v) is 5.03.